The predicted octanol–water partition coefficient (Wildman–Crippen LogP) is 3.31. The monoisotopic (exact) mass is 251 g/mol. The second-order valence-corrected chi connectivity index (χ2v) is 4.93. The second-order valence-electron chi connectivity index (χ2n) is 4.93. The van der Waals surface area contributed by atoms with Crippen LogP contribution in [0.2, 0.25) is 0 Å². The lowest BCUT2D eigenvalue weighted by Crippen LogP contribution is -2.08. The number of rotatable bonds is 2. The minimum absolute atomic E-state index is 1.00. The summed E-state index contributed by atoms with van der Waals surface area (Å²) in [5.41, 5.74) is 4.53. The predicted molar refractivity (Wildman–Crippen MR) is 80.5 cm³/mol. The number of aryl methyl sites for hydroxylation is 1. The number of hydrogen-bond acceptors (Lipinski definition) is 2. The number of benzene rings is 2. The maximum absolute atomic E-state index is 4.73. The van der Waals surface area contributed by atoms with E-state index in [0.29, 0.717) is 0 Å². The van der Waals surface area contributed by atoms with Crippen molar-refractivity contribution in [2.24, 2.45) is 7.05 Å². The van der Waals surface area contributed by atoms with Gasteiger partial charge in [0.1, 0.15) is 5.82 Å². The lowest BCUT2D eigenvalue weighted by Gasteiger charge is -2.13. The molecule has 3 rings (SSSR count). The van der Waals surface area contributed by atoms with Crippen LogP contribution in [0.4, 0.5) is 5.69 Å². The highest BCUT2D eigenvalue weighted by molar-refractivity contribution is 5.81. The number of nitrogens with zero attached hydrogens (tertiary/aromatic N) is 3. The van der Waals surface area contributed by atoms with E-state index in [-0.39, 0.29) is 0 Å². The number of fused-ring (bicyclic) bond motifs is 1. The molecule has 0 bridgehead atoms. The quantitative estimate of drug-likeness (QED) is 0.696. The maximum atomic E-state index is 4.73. The fraction of sp³-hybridized carbons (Fsp3) is 0.188. The molecule has 3 heteroatoms. The van der Waals surface area contributed by atoms with Gasteiger partial charge < -0.3 is 9.47 Å². The highest BCUT2D eigenvalue weighted by atomic mass is 15.1. The van der Waals surface area contributed by atoms with Gasteiger partial charge in [-0.05, 0) is 24.3 Å². The van der Waals surface area contributed by atoms with Crippen molar-refractivity contribution in [2.75, 3.05) is 19.0 Å². The highest BCUT2D eigenvalue weighted by Crippen LogP contribution is 2.26. The lowest BCUT2D eigenvalue weighted by molar-refractivity contribution is 0.959. The smallest absolute Gasteiger partial charge is 0.140 e. The number of hydrogen-bond donors (Lipinski definition) is 0. The first-order valence-electron chi connectivity index (χ1n) is 6.36. The molecule has 0 unspecified atom stereocenters. The van der Waals surface area contributed by atoms with E-state index in [1.54, 1.807) is 0 Å². The fourth-order valence-electron chi connectivity index (χ4n) is 2.33. The molecule has 0 saturated carbocycles. The summed E-state index contributed by atoms with van der Waals surface area (Å²) in [4.78, 5) is 6.83. The van der Waals surface area contributed by atoms with Gasteiger partial charge >= 0.3 is 0 Å². The molecule has 0 spiro atoms. The molecule has 0 N–H and O–H groups in total. The number of imidazole rings is 1. The van der Waals surface area contributed by atoms with Gasteiger partial charge in [-0.1, -0.05) is 24.3 Å². The Bertz CT molecular complexity index is 726. The van der Waals surface area contributed by atoms with Crippen molar-refractivity contribution in [1.29, 1.82) is 0 Å². The van der Waals surface area contributed by atoms with Crippen LogP contribution < -0.4 is 4.90 Å². The van der Waals surface area contributed by atoms with Gasteiger partial charge in [-0.25, -0.2) is 4.98 Å². The summed E-state index contributed by atoms with van der Waals surface area (Å²) in [5, 5.41) is 0. The second kappa shape index (κ2) is 4.43. The molecular weight excluding hydrogens is 234 g/mol. The Morgan fingerprint density at radius 3 is 2.53 bits per heavy atom. The van der Waals surface area contributed by atoms with Crippen LogP contribution in [-0.2, 0) is 7.05 Å². The van der Waals surface area contributed by atoms with Crippen molar-refractivity contribution in [3.05, 3.63) is 48.5 Å². The lowest BCUT2D eigenvalue weighted by atomic mass is 10.2. The molecule has 0 aliphatic carbocycles. The summed E-state index contributed by atoms with van der Waals surface area (Å²) in [6.45, 7) is 0. The Hall–Kier alpha value is -2.29. The standard InChI is InChI=1S/C16H17N3/c1-18(2)13-8-6-7-12(11-13)16-17-14-9-4-5-10-15(14)19(16)3/h4-11H,1-3H3. The first-order chi connectivity index (χ1) is 9.16. The van der Waals surface area contributed by atoms with E-state index < -0.39 is 0 Å². The summed E-state index contributed by atoms with van der Waals surface area (Å²) in [6, 6.07) is 16.7. The normalized spacial score (nSPS) is 10.9. The van der Waals surface area contributed by atoms with Gasteiger partial charge in [0.25, 0.3) is 0 Å². The summed E-state index contributed by atoms with van der Waals surface area (Å²) < 4.78 is 2.14. The van der Waals surface area contributed by atoms with Crippen LogP contribution in [0.15, 0.2) is 48.5 Å². The minimum Gasteiger partial charge on any atom is -0.378 e. The average Bonchev–Trinajstić information content (AvgIpc) is 2.77. The molecule has 1 heterocycles. The maximum Gasteiger partial charge on any atom is 0.140 e. The molecule has 1 aromatic heterocycles. The van der Waals surface area contributed by atoms with Gasteiger partial charge in [0.2, 0.25) is 0 Å². The molecule has 2 aromatic carbocycles. The third-order valence-corrected chi connectivity index (χ3v) is 3.41. The van der Waals surface area contributed by atoms with E-state index in [1.807, 2.05) is 26.2 Å². The van der Waals surface area contributed by atoms with Crippen molar-refractivity contribution in [3.63, 3.8) is 0 Å². The molecule has 0 fully saturated rings. The average molecular weight is 251 g/mol. The zero-order valence-corrected chi connectivity index (χ0v) is 11.5. The molecule has 0 aliphatic rings. The van der Waals surface area contributed by atoms with Crippen molar-refractivity contribution in [3.8, 4) is 11.4 Å². The van der Waals surface area contributed by atoms with Gasteiger partial charge in [-0.2, -0.15) is 0 Å². The van der Waals surface area contributed by atoms with E-state index in [2.05, 4.69) is 52.9 Å². The number of aromatic nitrogens is 2. The summed E-state index contributed by atoms with van der Waals surface area (Å²) >= 11 is 0. The number of anilines is 1. The Morgan fingerprint density at radius 2 is 1.79 bits per heavy atom. The Balaban J connectivity index is 2.19. The largest absolute Gasteiger partial charge is 0.378 e. The molecular formula is C16H17N3. The SMILES string of the molecule is CN(C)c1cccc(-c2nc3ccccc3n2C)c1. The van der Waals surface area contributed by atoms with E-state index in [0.717, 1.165) is 22.4 Å². The first kappa shape index (κ1) is 11.8. The van der Waals surface area contributed by atoms with E-state index >= 15 is 0 Å². The third kappa shape index (κ3) is 1.97. The van der Waals surface area contributed by atoms with Gasteiger partial charge in [-0.3, -0.25) is 0 Å². The molecule has 0 saturated heterocycles. The van der Waals surface area contributed by atoms with Crippen LogP contribution in [0, 0.1) is 0 Å². The Morgan fingerprint density at radius 1 is 1.00 bits per heavy atom. The molecule has 0 atom stereocenters. The molecule has 0 aliphatic heterocycles. The summed E-state index contributed by atoms with van der Waals surface area (Å²) in [5.74, 6) is 1.00. The van der Waals surface area contributed by atoms with Crippen LogP contribution in [0.5, 0.6) is 0 Å². The van der Waals surface area contributed by atoms with Crippen LogP contribution in [0.3, 0.4) is 0 Å². The van der Waals surface area contributed by atoms with Crippen LogP contribution >= 0.6 is 0 Å². The third-order valence-electron chi connectivity index (χ3n) is 3.41. The van der Waals surface area contributed by atoms with Crippen molar-refractivity contribution >= 4 is 16.7 Å². The highest BCUT2D eigenvalue weighted by Gasteiger charge is 2.09. The van der Waals surface area contributed by atoms with E-state index in [9.17, 15) is 0 Å². The number of para-hydroxylation sites is 2. The molecule has 96 valence electrons. The van der Waals surface area contributed by atoms with Crippen molar-refractivity contribution in [1.82, 2.24) is 9.55 Å². The molecule has 19 heavy (non-hydrogen) atoms. The Labute approximate surface area is 113 Å². The van der Waals surface area contributed by atoms with Gasteiger partial charge in [0, 0.05) is 32.4 Å². The van der Waals surface area contributed by atoms with E-state index in [1.165, 1.54) is 5.69 Å². The van der Waals surface area contributed by atoms with Gasteiger partial charge in [-0.15, -0.1) is 0 Å². The van der Waals surface area contributed by atoms with E-state index in [4.69, 9.17) is 4.98 Å². The molecule has 3 aromatic rings. The van der Waals surface area contributed by atoms with Gasteiger partial charge in [0.05, 0.1) is 11.0 Å². The minimum atomic E-state index is 1.00. The summed E-state index contributed by atoms with van der Waals surface area (Å²) in [6.07, 6.45) is 0. The first-order valence-corrected chi connectivity index (χ1v) is 6.36. The fourth-order valence-corrected chi connectivity index (χ4v) is 2.33. The van der Waals surface area contributed by atoms with Crippen molar-refractivity contribution in [2.45, 2.75) is 0 Å². The van der Waals surface area contributed by atoms with Crippen LogP contribution in [0.1, 0.15) is 0 Å². The molecule has 3 nitrogen and oxygen atoms in total. The van der Waals surface area contributed by atoms with Crippen LogP contribution in [0.25, 0.3) is 22.4 Å². The Kier molecular flexibility index (Phi) is 2.75. The summed E-state index contributed by atoms with van der Waals surface area (Å²) in [7, 11) is 6.16. The molecule has 0 amide bonds. The van der Waals surface area contributed by atoms with Gasteiger partial charge in [0.15, 0.2) is 0 Å². The topological polar surface area (TPSA) is 21.1 Å². The zero-order valence-electron chi connectivity index (χ0n) is 11.5. The van der Waals surface area contributed by atoms with Crippen molar-refractivity contribution < 1.29 is 0 Å². The molecule has 0 radical (unpaired) electrons. The zero-order chi connectivity index (χ0) is 13.4. The van der Waals surface area contributed by atoms with Crippen LogP contribution in [-0.4, -0.2) is 23.6 Å².